The van der Waals surface area contributed by atoms with Gasteiger partial charge in [-0.15, -0.1) is 0 Å². The molecule has 3 nitrogen and oxygen atoms in total. The number of rotatable bonds is 4. The Morgan fingerprint density at radius 2 is 2.38 bits per heavy atom. The quantitative estimate of drug-likeness (QED) is 0.671. The van der Waals surface area contributed by atoms with Gasteiger partial charge in [-0.1, -0.05) is 0 Å². The van der Waals surface area contributed by atoms with Crippen molar-refractivity contribution in [1.82, 2.24) is 14.5 Å². The van der Waals surface area contributed by atoms with Crippen LogP contribution in [0.2, 0.25) is 0 Å². The molecule has 0 bridgehead atoms. The number of nitrogens with one attached hydrogen (secondary N) is 1. The van der Waals surface area contributed by atoms with Crippen LogP contribution in [0.1, 0.15) is 12.0 Å². The van der Waals surface area contributed by atoms with Crippen molar-refractivity contribution in [3.63, 3.8) is 0 Å². The monoisotopic (exact) mass is 253 g/mol. The van der Waals surface area contributed by atoms with Gasteiger partial charge in [-0.25, -0.2) is 4.98 Å². The molecule has 0 aliphatic heterocycles. The van der Waals surface area contributed by atoms with Crippen molar-refractivity contribution in [1.29, 1.82) is 0 Å². The van der Waals surface area contributed by atoms with E-state index in [4.69, 9.17) is 12.2 Å². The van der Waals surface area contributed by atoms with Crippen LogP contribution in [0.25, 0.3) is 11.2 Å². The molecule has 86 valence electrons. The van der Waals surface area contributed by atoms with Gasteiger partial charge in [0, 0.05) is 12.7 Å². The molecular weight excluding hydrogens is 238 g/mol. The van der Waals surface area contributed by atoms with E-state index >= 15 is 0 Å². The molecule has 0 aromatic carbocycles. The second-order valence-corrected chi connectivity index (χ2v) is 5.18. The predicted octanol–water partition coefficient (Wildman–Crippen LogP) is 3.16. The number of pyridine rings is 1. The van der Waals surface area contributed by atoms with Crippen molar-refractivity contribution in [2.45, 2.75) is 19.9 Å². The first-order valence-corrected chi connectivity index (χ1v) is 7.06. The fourth-order valence-electron chi connectivity index (χ4n) is 1.72. The van der Waals surface area contributed by atoms with Crippen LogP contribution in [0.5, 0.6) is 0 Å². The van der Waals surface area contributed by atoms with E-state index in [1.165, 1.54) is 0 Å². The molecule has 2 aromatic rings. The van der Waals surface area contributed by atoms with E-state index in [1.54, 1.807) is 0 Å². The molecule has 2 rings (SSSR count). The van der Waals surface area contributed by atoms with Crippen LogP contribution >= 0.6 is 24.0 Å². The molecule has 0 atom stereocenters. The molecule has 0 radical (unpaired) electrons. The van der Waals surface area contributed by atoms with Crippen LogP contribution < -0.4 is 0 Å². The van der Waals surface area contributed by atoms with Gasteiger partial charge in [-0.2, -0.15) is 11.8 Å². The average Bonchev–Trinajstić information content (AvgIpc) is 2.55. The van der Waals surface area contributed by atoms with Crippen LogP contribution in [0.15, 0.2) is 12.3 Å². The third-order valence-electron chi connectivity index (χ3n) is 2.48. The zero-order valence-electron chi connectivity index (χ0n) is 9.49. The first kappa shape index (κ1) is 11.7. The molecule has 2 aromatic heterocycles. The van der Waals surface area contributed by atoms with Gasteiger partial charge in [0.25, 0.3) is 0 Å². The minimum absolute atomic E-state index is 0.772. The Bertz CT molecular complexity index is 542. The van der Waals surface area contributed by atoms with Gasteiger partial charge in [-0.05, 0) is 49.2 Å². The van der Waals surface area contributed by atoms with Crippen LogP contribution in [0.4, 0.5) is 0 Å². The second-order valence-electron chi connectivity index (χ2n) is 3.81. The first-order chi connectivity index (χ1) is 7.72. The van der Waals surface area contributed by atoms with Gasteiger partial charge in [-0.3, -0.25) is 0 Å². The zero-order chi connectivity index (χ0) is 11.5. The standard InChI is InChI=1S/C11H15N3S2/c1-8-6-9-10(12-7-8)14(11(15)13-9)4-3-5-16-2/h6-7H,3-5H2,1-2H3,(H,13,15). The largest absolute Gasteiger partial charge is 0.329 e. The highest BCUT2D eigenvalue weighted by Crippen LogP contribution is 2.13. The van der Waals surface area contributed by atoms with E-state index in [0.29, 0.717) is 0 Å². The van der Waals surface area contributed by atoms with Gasteiger partial charge >= 0.3 is 0 Å². The molecule has 1 N–H and O–H groups in total. The first-order valence-electron chi connectivity index (χ1n) is 5.26. The van der Waals surface area contributed by atoms with Crippen molar-refractivity contribution in [2.24, 2.45) is 0 Å². The van der Waals surface area contributed by atoms with Crippen molar-refractivity contribution in [2.75, 3.05) is 12.0 Å². The highest BCUT2D eigenvalue weighted by molar-refractivity contribution is 7.98. The second kappa shape index (κ2) is 5.01. The number of imidazole rings is 1. The molecule has 16 heavy (non-hydrogen) atoms. The van der Waals surface area contributed by atoms with Crippen molar-refractivity contribution >= 4 is 35.1 Å². The summed E-state index contributed by atoms with van der Waals surface area (Å²) in [7, 11) is 0. The topological polar surface area (TPSA) is 33.6 Å². The van der Waals surface area contributed by atoms with E-state index in [2.05, 4.69) is 26.9 Å². The molecule has 0 fully saturated rings. The summed E-state index contributed by atoms with van der Waals surface area (Å²) in [5.41, 5.74) is 3.16. The Morgan fingerprint density at radius 1 is 1.56 bits per heavy atom. The van der Waals surface area contributed by atoms with Gasteiger partial charge in [0.2, 0.25) is 0 Å². The minimum Gasteiger partial charge on any atom is -0.329 e. The molecule has 0 unspecified atom stereocenters. The third kappa shape index (κ3) is 2.30. The number of H-pyrrole nitrogens is 1. The molecule has 0 spiro atoms. The van der Waals surface area contributed by atoms with Gasteiger partial charge < -0.3 is 9.55 Å². The Labute approximate surface area is 104 Å². The molecule has 0 saturated heterocycles. The number of hydrogen-bond donors (Lipinski definition) is 1. The average molecular weight is 253 g/mol. The fourth-order valence-corrected chi connectivity index (χ4v) is 2.43. The van der Waals surface area contributed by atoms with Crippen molar-refractivity contribution in [3.05, 3.63) is 22.6 Å². The number of aromatic nitrogens is 3. The summed E-state index contributed by atoms with van der Waals surface area (Å²) in [6, 6.07) is 2.09. The summed E-state index contributed by atoms with van der Waals surface area (Å²) in [6.45, 7) is 2.98. The van der Waals surface area contributed by atoms with E-state index in [0.717, 1.165) is 40.2 Å². The third-order valence-corrected chi connectivity index (χ3v) is 3.50. The number of aromatic amines is 1. The fraction of sp³-hybridized carbons (Fsp3) is 0.455. The molecule has 0 aliphatic carbocycles. The van der Waals surface area contributed by atoms with E-state index in [-0.39, 0.29) is 0 Å². The highest BCUT2D eigenvalue weighted by atomic mass is 32.2. The van der Waals surface area contributed by atoms with Crippen LogP contribution in [0, 0.1) is 11.7 Å². The Kier molecular flexibility index (Phi) is 3.66. The summed E-state index contributed by atoms with van der Waals surface area (Å²) in [6.07, 6.45) is 5.13. The number of hydrogen-bond acceptors (Lipinski definition) is 3. The summed E-state index contributed by atoms with van der Waals surface area (Å²) in [4.78, 5) is 7.64. The van der Waals surface area contributed by atoms with Crippen molar-refractivity contribution < 1.29 is 0 Å². The predicted molar refractivity (Wildman–Crippen MR) is 72.7 cm³/mol. The van der Waals surface area contributed by atoms with Crippen LogP contribution in [0.3, 0.4) is 0 Å². The van der Waals surface area contributed by atoms with E-state index in [1.807, 2.05) is 24.9 Å². The number of thioether (sulfide) groups is 1. The molecule has 0 aliphatic rings. The summed E-state index contributed by atoms with van der Waals surface area (Å²) >= 11 is 7.17. The smallest absolute Gasteiger partial charge is 0.179 e. The maximum absolute atomic E-state index is 5.31. The van der Waals surface area contributed by atoms with Crippen LogP contribution in [-0.4, -0.2) is 26.5 Å². The lowest BCUT2D eigenvalue weighted by Gasteiger charge is -2.02. The maximum atomic E-state index is 5.31. The van der Waals surface area contributed by atoms with E-state index < -0.39 is 0 Å². The van der Waals surface area contributed by atoms with Gasteiger partial charge in [0.15, 0.2) is 10.4 Å². The van der Waals surface area contributed by atoms with Gasteiger partial charge in [0.05, 0.1) is 5.52 Å². The lowest BCUT2D eigenvalue weighted by molar-refractivity contribution is 0.688. The van der Waals surface area contributed by atoms with E-state index in [9.17, 15) is 0 Å². The Hall–Kier alpha value is -0.810. The van der Waals surface area contributed by atoms with Crippen molar-refractivity contribution in [3.8, 4) is 0 Å². The van der Waals surface area contributed by atoms with Crippen LogP contribution in [-0.2, 0) is 6.54 Å². The highest BCUT2D eigenvalue weighted by Gasteiger charge is 2.05. The summed E-state index contributed by atoms with van der Waals surface area (Å²) in [5, 5.41) is 0. The minimum atomic E-state index is 0.772. The number of nitrogens with zero attached hydrogens (tertiary/aromatic N) is 2. The Balaban J connectivity index is 2.36. The summed E-state index contributed by atoms with van der Waals surface area (Å²) < 4.78 is 2.86. The SMILES string of the molecule is CSCCCn1c(=S)[nH]c2cc(C)cnc21. The normalized spacial score (nSPS) is 11.1. The number of aryl methyl sites for hydroxylation is 2. The molecule has 0 saturated carbocycles. The summed E-state index contributed by atoms with van der Waals surface area (Å²) in [5.74, 6) is 1.15. The van der Waals surface area contributed by atoms with Gasteiger partial charge in [0.1, 0.15) is 0 Å². The molecule has 2 heterocycles. The Morgan fingerprint density at radius 3 is 3.12 bits per heavy atom. The molecule has 0 amide bonds. The lowest BCUT2D eigenvalue weighted by atomic mass is 10.3. The number of fused-ring (bicyclic) bond motifs is 1. The maximum Gasteiger partial charge on any atom is 0.179 e. The molecular formula is C11H15N3S2. The molecule has 5 heteroatoms. The zero-order valence-corrected chi connectivity index (χ0v) is 11.1. The lowest BCUT2D eigenvalue weighted by Crippen LogP contribution is -2.00.